The Labute approximate surface area is 235 Å². The van der Waals surface area contributed by atoms with Gasteiger partial charge in [0.05, 0.1) is 30.6 Å². The summed E-state index contributed by atoms with van der Waals surface area (Å²) in [5, 5.41) is 12.2. The molecule has 6 atom stereocenters. The number of hydrogen-bond donors (Lipinski definition) is 1. The van der Waals surface area contributed by atoms with Gasteiger partial charge in [0.25, 0.3) is 5.91 Å². The van der Waals surface area contributed by atoms with Gasteiger partial charge in [-0.2, -0.15) is 0 Å². The van der Waals surface area contributed by atoms with Crippen molar-refractivity contribution in [2.24, 2.45) is 11.8 Å². The van der Waals surface area contributed by atoms with Crippen molar-refractivity contribution in [2.45, 2.75) is 56.9 Å². The monoisotopic (exact) mass is 545 g/mol. The van der Waals surface area contributed by atoms with Gasteiger partial charge in [0.2, 0.25) is 11.8 Å². The smallest absolute Gasteiger partial charge is 0.253 e. The Bertz CT molecular complexity index is 1330. The van der Waals surface area contributed by atoms with E-state index in [1.54, 1.807) is 28.9 Å². The predicted molar refractivity (Wildman–Crippen MR) is 155 cm³/mol. The third-order valence-corrected chi connectivity index (χ3v) is 8.77. The summed E-state index contributed by atoms with van der Waals surface area (Å²) in [7, 11) is 0. The van der Waals surface area contributed by atoms with Gasteiger partial charge in [-0.05, 0) is 49.1 Å². The molecule has 1 N–H and O–H groups in total. The molecule has 3 aliphatic heterocycles. The van der Waals surface area contributed by atoms with E-state index in [0.29, 0.717) is 31.6 Å². The first-order valence-corrected chi connectivity index (χ1v) is 14.2. The van der Waals surface area contributed by atoms with Crippen LogP contribution in [0, 0.1) is 11.8 Å². The molecule has 5 rings (SSSR count). The normalized spacial score (nSPS) is 27.5. The molecular weight excluding hydrogens is 506 g/mol. The first kappa shape index (κ1) is 28.1. The molecule has 2 aromatic rings. The lowest BCUT2D eigenvalue weighted by Crippen LogP contribution is -2.58. The number of benzene rings is 2. The molecule has 1 spiro atoms. The molecule has 0 aromatic heterocycles. The summed E-state index contributed by atoms with van der Waals surface area (Å²) in [6.45, 7) is 12.3. The number of amides is 3. The molecule has 8 nitrogen and oxygen atoms in total. The summed E-state index contributed by atoms with van der Waals surface area (Å²) in [4.78, 5) is 47.5. The number of carbonyl (C=O) groups excluding carboxylic acids is 3. The molecule has 3 fully saturated rings. The van der Waals surface area contributed by atoms with Gasteiger partial charge in [0.1, 0.15) is 11.6 Å². The van der Waals surface area contributed by atoms with Gasteiger partial charge in [-0.1, -0.05) is 49.4 Å². The zero-order valence-electron chi connectivity index (χ0n) is 23.4. The maximum Gasteiger partial charge on any atom is 0.253 e. The Morgan fingerprint density at radius 2 is 1.88 bits per heavy atom. The zero-order chi connectivity index (χ0) is 28.6. The maximum atomic E-state index is 14.6. The van der Waals surface area contributed by atoms with E-state index in [0.717, 1.165) is 17.2 Å². The van der Waals surface area contributed by atoms with E-state index in [9.17, 15) is 19.5 Å². The highest BCUT2D eigenvalue weighted by Crippen LogP contribution is 2.59. The quantitative estimate of drug-likeness (QED) is 0.437. The Balaban J connectivity index is 1.57. The van der Waals surface area contributed by atoms with Crippen molar-refractivity contribution in [1.82, 2.24) is 9.80 Å². The van der Waals surface area contributed by atoms with E-state index in [2.05, 4.69) is 13.2 Å². The van der Waals surface area contributed by atoms with Crippen molar-refractivity contribution in [3.05, 3.63) is 67.8 Å². The molecule has 8 heteroatoms. The fourth-order valence-corrected chi connectivity index (χ4v) is 7.09. The Morgan fingerprint density at radius 3 is 2.55 bits per heavy atom. The lowest BCUT2D eigenvalue weighted by atomic mass is 9.70. The highest BCUT2D eigenvalue weighted by molar-refractivity contribution is 6.06. The van der Waals surface area contributed by atoms with Crippen LogP contribution in [-0.4, -0.2) is 82.7 Å². The second-order valence-electron chi connectivity index (χ2n) is 11.2. The second-order valence-corrected chi connectivity index (χ2v) is 11.2. The van der Waals surface area contributed by atoms with Crippen molar-refractivity contribution >= 4 is 34.2 Å². The van der Waals surface area contributed by atoms with Crippen molar-refractivity contribution in [3.63, 3.8) is 0 Å². The number of carbonyl (C=O) groups is 3. The van der Waals surface area contributed by atoms with Crippen LogP contribution >= 0.6 is 0 Å². The summed E-state index contributed by atoms with van der Waals surface area (Å²) in [6.07, 6.45) is 4.79. The number of nitrogens with zero attached hydrogens (tertiary/aromatic N) is 3. The average Bonchev–Trinajstić information content (AvgIpc) is 3.61. The van der Waals surface area contributed by atoms with Crippen LogP contribution < -0.4 is 4.90 Å². The fraction of sp³-hybridized carbons (Fsp3) is 0.469. The number of fused-ring (bicyclic) bond motifs is 2. The molecule has 40 heavy (non-hydrogen) atoms. The van der Waals surface area contributed by atoms with Crippen LogP contribution in [0.15, 0.2) is 67.8 Å². The second kappa shape index (κ2) is 11.2. The third-order valence-electron chi connectivity index (χ3n) is 8.77. The third kappa shape index (κ3) is 4.34. The number of rotatable bonds is 11. The van der Waals surface area contributed by atoms with E-state index < -0.39 is 35.6 Å². The molecule has 3 saturated heterocycles. The van der Waals surface area contributed by atoms with Crippen molar-refractivity contribution in [3.8, 4) is 0 Å². The van der Waals surface area contributed by atoms with E-state index >= 15 is 0 Å². The van der Waals surface area contributed by atoms with Crippen molar-refractivity contribution in [1.29, 1.82) is 0 Å². The van der Waals surface area contributed by atoms with Gasteiger partial charge in [-0.3, -0.25) is 14.4 Å². The average molecular weight is 546 g/mol. The molecular formula is C32H39N3O5. The highest BCUT2D eigenvalue weighted by atomic mass is 16.5. The van der Waals surface area contributed by atoms with Crippen LogP contribution in [0.4, 0.5) is 5.69 Å². The molecule has 0 radical (unpaired) electrons. The standard InChI is InChI=1S/C32H39N3O5/c1-5-16-33(17-6-2)29(37)26-25-14-15-32(40-25)27(26)30(38)35(21(4)20-36)28(32)31(39)34(18-7-3)24-13-12-22-10-8-9-11-23(22)19-24/h5,7-13,19,21,25-28,36H,1,3,6,14-18,20H2,2,4H3/t21-,25+,26-,27+,28?,32?/m1/s1. The number of anilines is 1. The van der Waals surface area contributed by atoms with Crippen molar-refractivity contribution < 1.29 is 24.2 Å². The minimum atomic E-state index is -1.13. The van der Waals surface area contributed by atoms with Gasteiger partial charge in [0.15, 0.2) is 0 Å². The molecule has 0 saturated carbocycles. The Kier molecular flexibility index (Phi) is 7.84. The minimum absolute atomic E-state index is 0.131. The molecule has 3 amide bonds. The van der Waals surface area contributed by atoms with E-state index in [1.807, 2.05) is 49.4 Å². The van der Waals surface area contributed by atoms with Gasteiger partial charge in [-0.25, -0.2) is 0 Å². The number of aliphatic hydroxyl groups is 1. The molecule has 2 unspecified atom stereocenters. The van der Waals surface area contributed by atoms with Crippen LogP contribution in [0.2, 0.25) is 0 Å². The summed E-state index contributed by atoms with van der Waals surface area (Å²) < 4.78 is 6.60. The number of ether oxygens (including phenoxy) is 1. The van der Waals surface area contributed by atoms with Crippen LogP contribution in [0.3, 0.4) is 0 Å². The SMILES string of the molecule is C=CCN(CCC)C(=O)[C@@H]1[C@@H]2CCC3(O2)C(C(=O)N(CC=C)c2ccc4ccccc4c2)N([C@H](C)CO)C(=O)[C@H]13. The lowest BCUT2D eigenvalue weighted by molar-refractivity contribution is -0.147. The molecule has 212 valence electrons. The highest BCUT2D eigenvalue weighted by Gasteiger charge is 2.75. The first-order chi connectivity index (χ1) is 19.3. The molecule has 2 aromatic carbocycles. The predicted octanol–water partition coefficient (Wildman–Crippen LogP) is 3.54. The van der Waals surface area contributed by atoms with Crippen LogP contribution in [-0.2, 0) is 19.1 Å². The van der Waals surface area contributed by atoms with Crippen LogP contribution in [0.1, 0.15) is 33.1 Å². The van der Waals surface area contributed by atoms with E-state index in [1.165, 1.54) is 4.90 Å². The maximum absolute atomic E-state index is 14.6. The number of likely N-dealkylation sites (tertiary alicyclic amines) is 1. The number of aliphatic hydroxyl groups excluding tert-OH is 1. The summed E-state index contributed by atoms with van der Waals surface area (Å²) >= 11 is 0. The van der Waals surface area contributed by atoms with E-state index in [4.69, 9.17) is 4.74 Å². The molecule has 0 aliphatic carbocycles. The van der Waals surface area contributed by atoms with E-state index in [-0.39, 0.29) is 30.9 Å². The van der Waals surface area contributed by atoms with Gasteiger partial charge < -0.3 is 24.5 Å². The fourth-order valence-electron chi connectivity index (χ4n) is 7.09. The first-order valence-electron chi connectivity index (χ1n) is 14.2. The summed E-state index contributed by atoms with van der Waals surface area (Å²) in [5.74, 6) is -2.18. The summed E-state index contributed by atoms with van der Waals surface area (Å²) in [6, 6.07) is 12.2. The Hall–Kier alpha value is -3.49. The van der Waals surface area contributed by atoms with Crippen LogP contribution in [0.5, 0.6) is 0 Å². The van der Waals surface area contributed by atoms with Crippen LogP contribution in [0.25, 0.3) is 10.8 Å². The minimum Gasteiger partial charge on any atom is -0.394 e. The molecule has 2 bridgehead atoms. The van der Waals surface area contributed by atoms with Gasteiger partial charge in [0, 0.05) is 25.3 Å². The lowest BCUT2D eigenvalue weighted by Gasteiger charge is -2.38. The zero-order valence-corrected chi connectivity index (χ0v) is 23.4. The topological polar surface area (TPSA) is 90.4 Å². The Morgan fingerprint density at radius 1 is 1.15 bits per heavy atom. The summed E-state index contributed by atoms with van der Waals surface area (Å²) in [5.41, 5.74) is -0.446. The van der Waals surface area contributed by atoms with Gasteiger partial charge in [-0.15, -0.1) is 13.2 Å². The van der Waals surface area contributed by atoms with Gasteiger partial charge >= 0.3 is 0 Å². The van der Waals surface area contributed by atoms with Crippen molar-refractivity contribution in [2.75, 3.05) is 31.1 Å². The number of hydrogen-bond acceptors (Lipinski definition) is 5. The molecule has 3 aliphatic rings. The molecule has 3 heterocycles. The largest absolute Gasteiger partial charge is 0.394 e.